The third kappa shape index (κ3) is 1.85. The number of rotatable bonds is 2. The standard InChI is InChI=1S/C13H12FN3O2/c1-7-11(13(18)19)12-15-10(6-17(12)16-7)8-3-2-4-9(14)5-8/h2-5,10,15H,6H2,1H3,(H,18,19). The number of aryl methyl sites for hydroxylation is 1. The highest BCUT2D eigenvalue weighted by molar-refractivity contribution is 5.95. The van der Waals surface area contributed by atoms with Gasteiger partial charge in [0.25, 0.3) is 0 Å². The molecule has 2 aromatic rings. The molecular formula is C13H12FN3O2. The molecule has 0 bridgehead atoms. The maximum atomic E-state index is 13.2. The molecular weight excluding hydrogens is 249 g/mol. The molecule has 0 spiro atoms. The minimum absolute atomic E-state index is 0.156. The molecule has 0 aliphatic carbocycles. The molecule has 0 fully saturated rings. The van der Waals surface area contributed by atoms with Crippen LogP contribution >= 0.6 is 0 Å². The molecule has 2 N–H and O–H groups in total. The van der Waals surface area contributed by atoms with Crippen LogP contribution in [0.5, 0.6) is 0 Å². The monoisotopic (exact) mass is 261 g/mol. The Morgan fingerprint density at radius 2 is 2.37 bits per heavy atom. The van der Waals surface area contributed by atoms with Crippen LogP contribution in [0.3, 0.4) is 0 Å². The fraction of sp³-hybridized carbons (Fsp3) is 0.231. The third-order valence-electron chi connectivity index (χ3n) is 3.26. The number of benzene rings is 1. The summed E-state index contributed by atoms with van der Waals surface area (Å²) >= 11 is 0. The quantitative estimate of drug-likeness (QED) is 0.869. The Morgan fingerprint density at radius 3 is 3.05 bits per heavy atom. The van der Waals surface area contributed by atoms with Crippen LogP contribution in [0.15, 0.2) is 24.3 Å². The van der Waals surface area contributed by atoms with Gasteiger partial charge in [0.05, 0.1) is 18.3 Å². The SMILES string of the molecule is Cc1nn2c(c1C(=O)O)NC(c1cccc(F)c1)C2. The fourth-order valence-corrected chi connectivity index (χ4v) is 2.41. The highest BCUT2D eigenvalue weighted by Gasteiger charge is 2.30. The van der Waals surface area contributed by atoms with E-state index >= 15 is 0 Å². The van der Waals surface area contributed by atoms with Gasteiger partial charge in [-0.15, -0.1) is 0 Å². The summed E-state index contributed by atoms with van der Waals surface area (Å²) in [6.07, 6.45) is 0. The molecule has 0 saturated carbocycles. The number of hydrogen-bond acceptors (Lipinski definition) is 3. The van der Waals surface area contributed by atoms with E-state index in [2.05, 4.69) is 10.4 Å². The van der Waals surface area contributed by atoms with Crippen molar-refractivity contribution in [3.8, 4) is 0 Å². The summed E-state index contributed by atoms with van der Waals surface area (Å²) in [5, 5.41) is 16.5. The van der Waals surface area contributed by atoms with Gasteiger partial charge in [-0.05, 0) is 24.6 Å². The molecule has 0 amide bonds. The van der Waals surface area contributed by atoms with Gasteiger partial charge in [-0.25, -0.2) is 13.9 Å². The Hall–Kier alpha value is -2.37. The Labute approximate surface area is 108 Å². The lowest BCUT2D eigenvalue weighted by molar-refractivity contribution is 0.0697. The number of aromatic nitrogens is 2. The smallest absolute Gasteiger partial charge is 0.341 e. The highest BCUT2D eigenvalue weighted by Crippen LogP contribution is 2.32. The topological polar surface area (TPSA) is 67.2 Å². The van der Waals surface area contributed by atoms with Gasteiger partial charge in [-0.2, -0.15) is 5.10 Å². The summed E-state index contributed by atoms with van der Waals surface area (Å²) in [6, 6.07) is 6.11. The first-order valence-corrected chi connectivity index (χ1v) is 5.89. The predicted molar refractivity (Wildman–Crippen MR) is 66.7 cm³/mol. The Balaban J connectivity index is 1.95. The van der Waals surface area contributed by atoms with E-state index in [-0.39, 0.29) is 17.4 Å². The van der Waals surface area contributed by atoms with Crippen molar-refractivity contribution >= 4 is 11.8 Å². The maximum absolute atomic E-state index is 13.2. The largest absolute Gasteiger partial charge is 0.477 e. The van der Waals surface area contributed by atoms with Crippen molar-refractivity contribution in [3.05, 3.63) is 46.9 Å². The molecule has 1 aliphatic heterocycles. The van der Waals surface area contributed by atoms with Gasteiger partial charge in [-0.3, -0.25) is 0 Å². The Kier molecular flexibility index (Phi) is 2.51. The number of nitrogens with one attached hydrogen (secondary N) is 1. The van der Waals surface area contributed by atoms with E-state index in [4.69, 9.17) is 5.11 Å². The second-order valence-electron chi connectivity index (χ2n) is 4.55. The lowest BCUT2D eigenvalue weighted by atomic mass is 10.1. The number of aromatic carboxylic acids is 1. The molecule has 0 radical (unpaired) electrons. The van der Waals surface area contributed by atoms with Crippen molar-refractivity contribution in [1.29, 1.82) is 0 Å². The molecule has 2 heterocycles. The minimum Gasteiger partial charge on any atom is -0.477 e. The molecule has 1 unspecified atom stereocenters. The van der Waals surface area contributed by atoms with E-state index in [0.29, 0.717) is 18.1 Å². The second kappa shape index (κ2) is 4.08. The zero-order chi connectivity index (χ0) is 13.6. The summed E-state index contributed by atoms with van der Waals surface area (Å²) in [5.74, 6) is -0.830. The highest BCUT2D eigenvalue weighted by atomic mass is 19.1. The van der Waals surface area contributed by atoms with E-state index < -0.39 is 5.97 Å². The van der Waals surface area contributed by atoms with Gasteiger partial charge >= 0.3 is 5.97 Å². The minimum atomic E-state index is -1.01. The van der Waals surface area contributed by atoms with E-state index in [1.165, 1.54) is 12.1 Å². The molecule has 1 aliphatic rings. The van der Waals surface area contributed by atoms with Crippen molar-refractivity contribution in [2.45, 2.75) is 19.5 Å². The summed E-state index contributed by atoms with van der Waals surface area (Å²) in [4.78, 5) is 11.2. The molecule has 1 aromatic carbocycles. The number of carbonyl (C=O) groups is 1. The van der Waals surface area contributed by atoms with E-state index in [1.807, 2.05) is 0 Å². The summed E-state index contributed by atoms with van der Waals surface area (Å²) in [5.41, 5.74) is 1.44. The lowest BCUT2D eigenvalue weighted by Gasteiger charge is -2.11. The normalized spacial score (nSPS) is 17.1. The van der Waals surface area contributed by atoms with Crippen LogP contribution < -0.4 is 5.32 Å². The average molecular weight is 261 g/mol. The number of fused-ring (bicyclic) bond motifs is 1. The van der Waals surface area contributed by atoms with Gasteiger partial charge in [-0.1, -0.05) is 12.1 Å². The zero-order valence-electron chi connectivity index (χ0n) is 10.2. The van der Waals surface area contributed by atoms with Crippen LogP contribution in [0.4, 0.5) is 10.2 Å². The van der Waals surface area contributed by atoms with Crippen LogP contribution in [-0.4, -0.2) is 20.9 Å². The average Bonchev–Trinajstić information content (AvgIpc) is 2.84. The van der Waals surface area contributed by atoms with Crippen molar-refractivity contribution in [1.82, 2.24) is 9.78 Å². The van der Waals surface area contributed by atoms with E-state index in [0.717, 1.165) is 5.56 Å². The lowest BCUT2D eigenvalue weighted by Crippen LogP contribution is -2.10. The molecule has 5 nitrogen and oxygen atoms in total. The Bertz CT molecular complexity index is 666. The Morgan fingerprint density at radius 1 is 1.58 bits per heavy atom. The fourth-order valence-electron chi connectivity index (χ4n) is 2.41. The van der Waals surface area contributed by atoms with Crippen molar-refractivity contribution in [2.75, 3.05) is 5.32 Å². The number of carboxylic acid groups (broad SMARTS) is 1. The van der Waals surface area contributed by atoms with Gasteiger partial charge in [0, 0.05) is 0 Å². The van der Waals surface area contributed by atoms with Crippen molar-refractivity contribution in [2.24, 2.45) is 0 Å². The first-order chi connectivity index (χ1) is 9.06. The van der Waals surface area contributed by atoms with E-state index in [9.17, 15) is 9.18 Å². The molecule has 0 saturated heterocycles. The molecule has 98 valence electrons. The summed E-state index contributed by atoms with van der Waals surface area (Å²) in [7, 11) is 0. The molecule has 1 aromatic heterocycles. The predicted octanol–water partition coefficient (Wildman–Crippen LogP) is 2.20. The number of hydrogen-bond donors (Lipinski definition) is 2. The number of nitrogens with zero attached hydrogens (tertiary/aromatic N) is 2. The third-order valence-corrected chi connectivity index (χ3v) is 3.26. The number of halogens is 1. The molecule has 6 heteroatoms. The van der Waals surface area contributed by atoms with Crippen LogP contribution in [0.1, 0.15) is 27.7 Å². The molecule has 3 rings (SSSR count). The summed E-state index contributed by atoms with van der Waals surface area (Å²) in [6.45, 7) is 2.15. The first-order valence-electron chi connectivity index (χ1n) is 5.89. The van der Waals surface area contributed by atoms with E-state index in [1.54, 1.807) is 23.7 Å². The van der Waals surface area contributed by atoms with Gasteiger partial charge in [0.2, 0.25) is 0 Å². The van der Waals surface area contributed by atoms with Crippen LogP contribution in [-0.2, 0) is 6.54 Å². The number of anilines is 1. The van der Waals surface area contributed by atoms with Gasteiger partial charge in [0.15, 0.2) is 0 Å². The number of carboxylic acids is 1. The molecule has 19 heavy (non-hydrogen) atoms. The summed E-state index contributed by atoms with van der Waals surface area (Å²) < 4.78 is 14.8. The first kappa shape index (κ1) is 11.7. The maximum Gasteiger partial charge on any atom is 0.341 e. The molecule has 1 atom stereocenters. The second-order valence-corrected chi connectivity index (χ2v) is 4.55. The van der Waals surface area contributed by atoms with Crippen LogP contribution in [0, 0.1) is 12.7 Å². The van der Waals surface area contributed by atoms with Crippen LogP contribution in [0.2, 0.25) is 0 Å². The van der Waals surface area contributed by atoms with Gasteiger partial charge < -0.3 is 10.4 Å². The van der Waals surface area contributed by atoms with Crippen LogP contribution in [0.25, 0.3) is 0 Å². The zero-order valence-corrected chi connectivity index (χ0v) is 10.2. The van der Waals surface area contributed by atoms with Crippen molar-refractivity contribution < 1.29 is 14.3 Å². The van der Waals surface area contributed by atoms with Crippen molar-refractivity contribution in [3.63, 3.8) is 0 Å². The van der Waals surface area contributed by atoms with Gasteiger partial charge in [0.1, 0.15) is 17.2 Å².